The lowest BCUT2D eigenvalue weighted by Gasteiger charge is -2.34. The topological polar surface area (TPSA) is 70.7 Å². The summed E-state index contributed by atoms with van der Waals surface area (Å²) < 4.78 is 5.37. The molecule has 6 heteroatoms. The highest BCUT2D eigenvalue weighted by Crippen LogP contribution is 2.20. The third kappa shape index (κ3) is 5.58. The van der Waals surface area contributed by atoms with Crippen LogP contribution in [0.3, 0.4) is 0 Å². The minimum absolute atomic E-state index is 0.0207. The highest BCUT2D eigenvalue weighted by molar-refractivity contribution is 5.89. The number of hydrogen-bond donors (Lipinski definition) is 2. The van der Waals surface area contributed by atoms with E-state index in [-0.39, 0.29) is 24.3 Å². The van der Waals surface area contributed by atoms with Crippen LogP contribution in [0.25, 0.3) is 6.08 Å². The van der Waals surface area contributed by atoms with Crippen LogP contribution in [0.15, 0.2) is 30.3 Å². The summed E-state index contributed by atoms with van der Waals surface area (Å²) in [4.78, 5) is 27.0. The van der Waals surface area contributed by atoms with E-state index < -0.39 is 6.04 Å². The van der Waals surface area contributed by atoms with Crippen molar-refractivity contribution < 1.29 is 14.3 Å². The van der Waals surface area contributed by atoms with Gasteiger partial charge in [-0.1, -0.05) is 49.6 Å². The summed E-state index contributed by atoms with van der Waals surface area (Å²) in [5.41, 5.74) is 0.998. The summed E-state index contributed by atoms with van der Waals surface area (Å²) in [6, 6.07) is 7.67. The zero-order valence-electron chi connectivity index (χ0n) is 16.7. The molecule has 152 valence electrons. The SMILES string of the molecule is COc1ccccc1/C=C/CN1CCNC(=O)C1CC(=O)NC1CCCCC1. The summed E-state index contributed by atoms with van der Waals surface area (Å²) in [7, 11) is 1.66. The maximum atomic E-state index is 12.5. The molecular formula is C22H31N3O3. The van der Waals surface area contributed by atoms with Crippen molar-refractivity contribution in [3.63, 3.8) is 0 Å². The maximum Gasteiger partial charge on any atom is 0.237 e. The van der Waals surface area contributed by atoms with Crippen LogP contribution in [0.2, 0.25) is 0 Å². The molecule has 2 amide bonds. The Labute approximate surface area is 167 Å². The molecule has 1 heterocycles. The largest absolute Gasteiger partial charge is 0.496 e. The van der Waals surface area contributed by atoms with Crippen molar-refractivity contribution in [2.45, 2.75) is 50.6 Å². The van der Waals surface area contributed by atoms with E-state index >= 15 is 0 Å². The van der Waals surface area contributed by atoms with Gasteiger partial charge in [-0.25, -0.2) is 0 Å². The van der Waals surface area contributed by atoms with Gasteiger partial charge in [0.2, 0.25) is 11.8 Å². The first kappa shape index (κ1) is 20.4. The van der Waals surface area contributed by atoms with E-state index in [4.69, 9.17) is 4.74 Å². The lowest BCUT2D eigenvalue weighted by atomic mass is 9.95. The fraction of sp³-hybridized carbons (Fsp3) is 0.545. The normalized spacial score (nSPS) is 21.5. The Balaban J connectivity index is 1.57. The Hall–Kier alpha value is -2.34. The molecule has 1 aromatic carbocycles. The number of rotatable bonds is 7. The average molecular weight is 386 g/mol. The average Bonchev–Trinajstić information content (AvgIpc) is 2.71. The number of piperazine rings is 1. The number of para-hydroxylation sites is 1. The minimum atomic E-state index is -0.417. The molecule has 6 nitrogen and oxygen atoms in total. The molecular weight excluding hydrogens is 354 g/mol. The van der Waals surface area contributed by atoms with Crippen LogP contribution in [0, 0.1) is 0 Å². The summed E-state index contributed by atoms with van der Waals surface area (Å²) in [6.45, 7) is 1.97. The number of carbonyl (C=O) groups excluding carboxylic acids is 2. The van der Waals surface area contributed by atoms with Gasteiger partial charge in [0.15, 0.2) is 0 Å². The van der Waals surface area contributed by atoms with Gasteiger partial charge in [0, 0.05) is 31.2 Å². The van der Waals surface area contributed by atoms with E-state index in [2.05, 4.69) is 15.5 Å². The summed E-state index contributed by atoms with van der Waals surface area (Å²) >= 11 is 0. The van der Waals surface area contributed by atoms with Gasteiger partial charge < -0.3 is 15.4 Å². The number of amides is 2. The monoisotopic (exact) mass is 385 g/mol. The van der Waals surface area contributed by atoms with Crippen molar-refractivity contribution in [2.75, 3.05) is 26.7 Å². The van der Waals surface area contributed by atoms with Crippen molar-refractivity contribution >= 4 is 17.9 Å². The number of benzene rings is 1. The van der Waals surface area contributed by atoms with Gasteiger partial charge in [0.25, 0.3) is 0 Å². The highest BCUT2D eigenvalue weighted by atomic mass is 16.5. The second kappa shape index (κ2) is 10.3. The molecule has 2 aliphatic rings. The smallest absolute Gasteiger partial charge is 0.237 e. The van der Waals surface area contributed by atoms with E-state index in [0.717, 1.165) is 30.7 Å². The quantitative estimate of drug-likeness (QED) is 0.756. The Bertz CT molecular complexity index is 698. The first-order valence-corrected chi connectivity index (χ1v) is 10.3. The third-order valence-electron chi connectivity index (χ3n) is 5.57. The predicted molar refractivity (Wildman–Crippen MR) is 110 cm³/mol. The second-order valence-electron chi connectivity index (χ2n) is 7.55. The number of methoxy groups -OCH3 is 1. The van der Waals surface area contributed by atoms with Crippen LogP contribution in [0.5, 0.6) is 5.75 Å². The van der Waals surface area contributed by atoms with Crippen molar-refractivity contribution in [2.24, 2.45) is 0 Å². The molecule has 28 heavy (non-hydrogen) atoms. The molecule has 1 saturated carbocycles. The number of ether oxygens (including phenoxy) is 1. The van der Waals surface area contributed by atoms with Gasteiger partial charge in [-0.3, -0.25) is 14.5 Å². The Morgan fingerprint density at radius 1 is 1.29 bits per heavy atom. The van der Waals surface area contributed by atoms with Crippen LogP contribution in [0.4, 0.5) is 0 Å². The van der Waals surface area contributed by atoms with E-state index in [1.54, 1.807) is 7.11 Å². The first-order chi connectivity index (χ1) is 13.7. The number of hydrogen-bond acceptors (Lipinski definition) is 4. The Kier molecular flexibility index (Phi) is 7.48. The second-order valence-corrected chi connectivity index (χ2v) is 7.55. The van der Waals surface area contributed by atoms with Gasteiger partial charge >= 0.3 is 0 Å². The summed E-state index contributed by atoms with van der Waals surface area (Å²) in [5.74, 6) is 0.738. The number of nitrogens with zero attached hydrogens (tertiary/aromatic N) is 1. The van der Waals surface area contributed by atoms with Gasteiger partial charge in [-0.05, 0) is 18.9 Å². The molecule has 1 aliphatic carbocycles. The molecule has 1 saturated heterocycles. The zero-order valence-corrected chi connectivity index (χ0v) is 16.7. The minimum Gasteiger partial charge on any atom is -0.496 e. The van der Waals surface area contributed by atoms with E-state index in [1.165, 1.54) is 19.3 Å². The van der Waals surface area contributed by atoms with E-state index in [0.29, 0.717) is 13.1 Å². The van der Waals surface area contributed by atoms with Crippen molar-refractivity contribution in [1.29, 1.82) is 0 Å². The summed E-state index contributed by atoms with van der Waals surface area (Å²) in [6.07, 6.45) is 9.95. The molecule has 3 rings (SSSR count). The van der Waals surface area contributed by atoms with Crippen molar-refractivity contribution in [1.82, 2.24) is 15.5 Å². The Morgan fingerprint density at radius 3 is 2.86 bits per heavy atom. The van der Waals surface area contributed by atoms with Gasteiger partial charge in [-0.2, -0.15) is 0 Å². The molecule has 1 atom stereocenters. The molecule has 2 fully saturated rings. The fourth-order valence-corrected chi connectivity index (χ4v) is 4.03. The van der Waals surface area contributed by atoms with Crippen LogP contribution >= 0.6 is 0 Å². The van der Waals surface area contributed by atoms with Crippen molar-refractivity contribution in [3.8, 4) is 5.75 Å². The molecule has 1 aromatic rings. The molecule has 2 N–H and O–H groups in total. The molecule has 1 aliphatic heterocycles. The highest BCUT2D eigenvalue weighted by Gasteiger charge is 2.31. The standard InChI is InChI=1S/C22H31N3O3/c1-28-20-12-6-5-8-17(20)9-7-14-25-15-13-23-22(27)19(25)16-21(26)24-18-10-3-2-4-11-18/h5-9,12,18-19H,2-4,10-11,13-16H2,1H3,(H,23,27)(H,24,26)/b9-7+. The van der Waals surface area contributed by atoms with Crippen LogP contribution in [0.1, 0.15) is 44.1 Å². The van der Waals surface area contributed by atoms with Crippen LogP contribution < -0.4 is 15.4 Å². The van der Waals surface area contributed by atoms with Crippen molar-refractivity contribution in [3.05, 3.63) is 35.9 Å². The molecule has 0 radical (unpaired) electrons. The molecule has 1 unspecified atom stereocenters. The van der Waals surface area contributed by atoms with Gasteiger partial charge in [0.05, 0.1) is 19.6 Å². The predicted octanol–water partition coefficient (Wildman–Crippen LogP) is 2.35. The number of nitrogens with one attached hydrogen (secondary N) is 2. The van der Waals surface area contributed by atoms with Gasteiger partial charge in [0.1, 0.15) is 5.75 Å². The van der Waals surface area contributed by atoms with E-state index in [9.17, 15) is 9.59 Å². The fourth-order valence-electron chi connectivity index (χ4n) is 4.03. The summed E-state index contributed by atoms with van der Waals surface area (Å²) in [5, 5.41) is 6.02. The zero-order chi connectivity index (χ0) is 19.8. The first-order valence-electron chi connectivity index (χ1n) is 10.3. The molecule has 0 spiro atoms. The number of carbonyl (C=O) groups is 2. The lowest BCUT2D eigenvalue weighted by Crippen LogP contribution is -2.56. The molecule has 0 bridgehead atoms. The molecule has 0 aromatic heterocycles. The lowest BCUT2D eigenvalue weighted by molar-refractivity contribution is -0.133. The maximum absolute atomic E-state index is 12.5. The Morgan fingerprint density at radius 2 is 2.07 bits per heavy atom. The van der Waals surface area contributed by atoms with Crippen LogP contribution in [-0.4, -0.2) is 55.5 Å². The third-order valence-corrected chi connectivity index (χ3v) is 5.57. The van der Waals surface area contributed by atoms with E-state index in [1.807, 2.05) is 36.4 Å². The van der Waals surface area contributed by atoms with Crippen LogP contribution in [-0.2, 0) is 9.59 Å². The van der Waals surface area contributed by atoms with Gasteiger partial charge in [-0.15, -0.1) is 0 Å².